The SMILES string of the molecule is COc1nc2cc([N+](=O)[O-])cc(CNCP(=O)(O)Cc3ccccc3)c2nc1OC. The van der Waals surface area contributed by atoms with Gasteiger partial charge >= 0.3 is 0 Å². The van der Waals surface area contributed by atoms with Crippen molar-refractivity contribution in [3.05, 3.63) is 63.7 Å². The molecule has 10 nitrogen and oxygen atoms in total. The van der Waals surface area contributed by atoms with Gasteiger partial charge in [-0.2, -0.15) is 0 Å². The number of nitrogens with one attached hydrogen (secondary N) is 1. The van der Waals surface area contributed by atoms with Crippen LogP contribution in [0.15, 0.2) is 42.5 Å². The van der Waals surface area contributed by atoms with Gasteiger partial charge in [-0.05, 0) is 5.56 Å². The largest absolute Gasteiger partial charge is 0.477 e. The monoisotopic (exact) mass is 432 g/mol. The molecule has 11 heteroatoms. The van der Waals surface area contributed by atoms with Crippen LogP contribution in [0.4, 0.5) is 5.69 Å². The molecule has 3 aromatic rings. The number of nitro benzene ring substituents is 1. The fraction of sp³-hybridized carbons (Fsp3) is 0.263. The number of nitro groups is 1. The van der Waals surface area contributed by atoms with E-state index in [9.17, 15) is 19.6 Å². The number of non-ortho nitro benzene ring substituents is 1. The smallest absolute Gasteiger partial charge is 0.278 e. The van der Waals surface area contributed by atoms with Crippen LogP contribution >= 0.6 is 7.37 Å². The molecule has 0 saturated heterocycles. The first-order chi connectivity index (χ1) is 14.3. The molecule has 158 valence electrons. The Morgan fingerprint density at radius 1 is 1.13 bits per heavy atom. The highest BCUT2D eigenvalue weighted by Crippen LogP contribution is 2.43. The molecule has 0 aliphatic carbocycles. The van der Waals surface area contributed by atoms with Crippen LogP contribution in [0.5, 0.6) is 11.8 Å². The van der Waals surface area contributed by atoms with Crippen LogP contribution in [-0.4, -0.2) is 40.3 Å². The quantitative estimate of drug-likeness (QED) is 0.297. The zero-order chi connectivity index (χ0) is 21.7. The third-order valence-corrected chi connectivity index (χ3v) is 5.89. The van der Waals surface area contributed by atoms with E-state index in [4.69, 9.17) is 9.47 Å². The van der Waals surface area contributed by atoms with E-state index in [1.165, 1.54) is 26.4 Å². The summed E-state index contributed by atoms with van der Waals surface area (Å²) in [6.07, 6.45) is -0.131. The molecule has 0 aliphatic heterocycles. The van der Waals surface area contributed by atoms with Gasteiger partial charge in [0.05, 0.1) is 37.1 Å². The third-order valence-electron chi connectivity index (χ3n) is 4.32. The second kappa shape index (κ2) is 9.17. The number of hydrogen-bond acceptors (Lipinski definition) is 8. The molecule has 2 N–H and O–H groups in total. The van der Waals surface area contributed by atoms with Gasteiger partial charge in [-0.3, -0.25) is 14.7 Å². The number of nitrogens with zero attached hydrogens (tertiary/aromatic N) is 3. The van der Waals surface area contributed by atoms with Crippen LogP contribution < -0.4 is 14.8 Å². The van der Waals surface area contributed by atoms with E-state index in [-0.39, 0.29) is 42.0 Å². The minimum absolute atomic E-state index is 0.0291. The van der Waals surface area contributed by atoms with Gasteiger partial charge in [-0.25, -0.2) is 9.97 Å². The van der Waals surface area contributed by atoms with Crippen molar-refractivity contribution in [2.75, 3.05) is 20.5 Å². The summed E-state index contributed by atoms with van der Waals surface area (Å²) in [6, 6.07) is 11.7. The Bertz CT molecular complexity index is 1110. The van der Waals surface area contributed by atoms with E-state index in [0.717, 1.165) is 5.56 Å². The van der Waals surface area contributed by atoms with Gasteiger partial charge in [0.15, 0.2) is 0 Å². The molecule has 1 heterocycles. The predicted molar refractivity (Wildman–Crippen MR) is 111 cm³/mol. The van der Waals surface area contributed by atoms with Gasteiger partial charge in [0.2, 0.25) is 7.37 Å². The average Bonchev–Trinajstić information content (AvgIpc) is 2.72. The molecule has 0 spiro atoms. The molecule has 3 rings (SSSR count). The summed E-state index contributed by atoms with van der Waals surface area (Å²) in [5.74, 6) is 0.240. The highest BCUT2D eigenvalue weighted by atomic mass is 31.2. The van der Waals surface area contributed by atoms with Gasteiger partial charge in [-0.15, -0.1) is 0 Å². The Hall–Kier alpha value is -3.07. The number of aromatic nitrogens is 2. The fourth-order valence-corrected chi connectivity index (χ4v) is 4.33. The summed E-state index contributed by atoms with van der Waals surface area (Å²) in [5.41, 5.74) is 1.68. The lowest BCUT2D eigenvalue weighted by Crippen LogP contribution is -2.16. The van der Waals surface area contributed by atoms with Crippen molar-refractivity contribution in [2.45, 2.75) is 12.7 Å². The van der Waals surface area contributed by atoms with E-state index in [1.807, 2.05) is 6.07 Å². The fourth-order valence-electron chi connectivity index (χ4n) is 2.98. The van der Waals surface area contributed by atoms with E-state index < -0.39 is 12.3 Å². The van der Waals surface area contributed by atoms with E-state index >= 15 is 0 Å². The van der Waals surface area contributed by atoms with Crippen molar-refractivity contribution in [2.24, 2.45) is 0 Å². The summed E-state index contributed by atoms with van der Waals surface area (Å²) >= 11 is 0. The van der Waals surface area contributed by atoms with Gasteiger partial charge in [0.1, 0.15) is 5.52 Å². The van der Waals surface area contributed by atoms with Crippen LogP contribution in [0.3, 0.4) is 0 Å². The molecule has 2 aromatic carbocycles. The highest BCUT2D eigenvalue weighted by Gasteiger charge is 2.21. The first kappa shape index (κ1) is 21.6. The highest BCUT2D eigenvalue weighted by molar-refractivity contribution is 7.57. The van der Waals surface area contributed by atoms with Crippen molar-refractivity contribution >= 4 is 24.1 Å². The lowest BCUT2D eigenvalue weighted by Gasteiger charge is -2.14. The summed E-state index contributed by atoms with van der Waals surface area (Å²) < 4.78 is 22.8. The number of hydrogen-bond donors (Lipinski definition) is 2. The van der Waals surface area contributed by atoms with Gasteiger partial charge < -0.3 is 19.7 Å². The Balaban J connectivity index is 1.85. The van der Waals surface area contributed by atoms with Gasteiger partial charge in [-0.1, -0.05) is 30.3 Å². The van der Waals surface area contributed by atoms with Crippen LogP contribution in [0.25, 0.3) is 11.0 Å². The molecule has 30 heavy (non-hydrogen) atoms. The van der Waals surface area contributed by atoms with Gasteiger partial charge in [0, 0.05) is 24.2 Å². The van der Waals surface area contributed by atoms with E-state index in [1.54, 1.807) is 24.3 Å². The Morgan fingerprint density at radius 3 is 2.43 bits per heavy atom. The molecular weight excluding hydrogens is 411 g/mol. The maximum Gasteiger partial charge on any atom is 0.278 e. The predicted octanol–water partition coefficient (Wildman–Crippen LogP) is 3.07. The van der Waals surface area contributed by atoms with Crippen molar-refractivity contribution in [1.82, 2.24) is 15.3 Å². The molecule has 0 saturated carbocycles. The number of methoxy groups -OCH3 is 2. The first-order valence-corrected chi connectivity index (χ1v) is 11.0. The topological polar surface area (TPSA) is 137 Å². The number of rotatable bonds is 9. The second-order valence-corrected chi connectivity index (χ2v) is 8.87. The zero-order valence-electron chi connectivity index (χ0n) is 16.4. The maximum absolute atomic E-state index is 12.5. The van der Waals surface area contributed by atoms with Crippen molar-refractivity contribution < 1.29 is 23.9 Å². The normalized spacial score (nSPS) is 13.0. The Morgan fingerprint density at radius 2 is 1.80 bits per heavy atom. The maximum atomic E-state index is 12.5. The summed E-state index contributed by atoms with van der Waals surface area (Å²) in [4.78, 5) is 29.6. The molecule has 1 unspecified atom stereocenters. The molecular formula is C19H21N4O6P. The molecule has 0 radical (unpaired) electrons. The zero-order valence-corrected chi connectivity index (χ0v) is 17.3. The van der Waals surface area contributed by atoms with Crippen molar-refractivity contribution in [3.63, 3.8) is 0 Å². The van der Waals surface area contributed by atoms with Gasteiger partial charge in [0.25, 0.3) is 17.4 Å². The van der Waals surface area contributed by atoms with Crippen LogP contribution in [-0.2, 0) is 17.3 Å². The first-order valence-electron chi connectivity index (χ1n) is 8.95. The van der Waals surface area contributed by atoms with Crippen LogP contribution in [0, 0.1) is 10.1 Å². The number of ether oxygens (including phenoxy) is 2. The minimum atomic E-state index is -3.50. The van der Waals surface area contributed by atoms with Crippen molar-refractivity contribution in [1.29, 1.82) is 0 Å². The molecule has 0 fully saturated rings. The summed E-state index contributed by atoms with van der Waals surface area (Å²) in [6.45, 7) is 0.0850. The molecule has 0 aliphatic rings. The lowest BCUT2D eigenvalue weighted by molar-refractivity contribution is -0.384. The third kappa shape index (κ3) is 5.10. The molecule has 1 aromatic heterocycles. The van der Waals surface area contributed by atoms with Crippen LogP contribution in [0.2, 0.25) is 0 Å². The minimum Gasteiger partial charge on any atom is -0.477 e. The van der Waals surface area contributed by atoms with E-state index in [2.05, 4.69) is 15.3 Å². The second-order valence-electron chi connectivity index (χ2n) is 6.55. The Labute approximate surface area is 172 Å². The lowest BCUT2D eigenvalue weighted by atomic mass is 10.1. The van der Waals surface area contributed by atoms with Crippen LogP contribution in [0.1, 0.15) is 11.1 Å². The average molecular weight is 432 g/mol. The van der Waals surface area contributed by atoms with Crippen molar-refractivity contribution in [3.8, 4) is 11.8 Å². The molecule has 0 bridgehead atoms. The summed E-state index contributed by atoms with van der Waals surface area (Å²) in [7, 11) is -0.694. The molecule has 1 atom stereocenters. The standard InChI is InChI=1S/C19H21N4O6P/c1-28-18-19(29-2)22-17-14(8-15(23(24)25)9-16(17)21-18)10-20-12-30(26,27)11-13-6-4-3-5-7-13/h3-9,20H,10-12H2,1-2H3,(H,26,27). The number of fused-ring (bicyclic) bond motifs is 1. The Kier molecular flexibility index (Phi) is 6.61. The molecule has 0 amide bonds. The summed E-state index contributed by atoms with van der Waals surface area (Å²) in [5, 5.41) is 14.2. The van der Waals surface area contributed by atoms with E-state index in [0.29, 0.717) is 11.1 Å². The number of benzene rings is 2.